The second kappa shape index (κ2) is 9.20. The van der Waals surface area contributed by atoms with Gasteiger partial charge in [0.25, 0.3) is 5.69 Å². The number of rotatable bonds is 8. The van der Waals surface area contributed by atoms with E-state index in [-0.39, 0.29) is 23.9 Å². The number of aryl methyl sites for hydroxylation is 1. The van der Waals surface area contributed by atoms with Gasteiger partial charge in [0.1, 0.15) is 18.0 Å². The van der Waals surface area contributed by atoms with Crippen molar-refractivity contribution in [2.45, 2.75) is 30.9 Å². The molecule has 0 saturated heterocycles. The van der Waals surface area contributed by atoms with Crippen molar-refractivity contribution in [2.24, 2.45) is 0 Å². The van der Waals surface area contributed by atoms with E-state index in [0.717, 1.165) is 23.1 Å². The van der Waals surface area contributed by atoms with Gasteiger partial charge in [-0.1, -0.05) is 42.1 Å². The smallest absolute Gasteiger partial charge is 0.292 e. The van der Waals surface area contributed by atoms with E-state index in [1.54, 1.807) is 19.1 Å². The molecule has 1 atom stereocenters. The van der Waals surface area contributed by atoms with Gasteiger partial charge in [-0.25, -0.2) is 4.98 Å². The zero-order valence-electron chi connectivity index (χ0n) is 15.8. The normalized spacial score (nSPS) is 11.7. The minimum atomic E-state index is -0.559. The van der Waals surface area contributed by atoms with Gasteiger partial charge < -0.3 is 10.1 Å². The average molecular weight is 413 g/mol. The quantitative estimate of drug-likeness (QED) is 0.328. The number of carbonyl (C=O) groups is 1. The fraction of sp³-hybridized carbons (Fsp3) is 0.211. The van der Waals surface area contributed by atoms with Crippen LogP contribution >= 0.6 is 11.8 Å². The van der Waals surface area contributed by atoms with E-state index in [4.69, 9.17) is 4.74 Å². The van der Waals surface area contributed by atoms with Crippen LogP contribution in [0.15, 0.2) is 53.7 Å². The molecule has 0 aliphatic carbocycles. The van der Waals surface area contributed by atoms with Crippen LogP contribution in [0.4, 0.5) is 11.4 Å². The molecule has 0 aliphatic rings. The molecule has 0 aliphatic heterocycles. The van der Waals surface area contributed by atoms with Crippen LogP contribution in [0.3, 0.4) is 0 Å². The van der Waals surface area contributed by atoms with Crippen molar-refractivity contribution in [3.8, 4) is 5.75 Å². The van der Waals surface area contributed by atoms with E-state index in [0.29, 0.717) is 11.0 Å². The summed E-state index contributed by atoms with van der Waals surface area (Å²) in [6.07, 6.45) is 0. The van der Waals surface area contributed by atoms with E-state index in [1.807, 2.05) is 31.2 Å². The molecule has 3 aromatic rings. The number of carbonyl (C=O) groups excluding carboxylic acids is 1. The maximum Gasteiger partial charge on any atom is 0.292 e. The minimum absolute atomic E-state index is 0.150. The Kier molecular flexibility index (Phi) is 6.45. The molecule has 1 heterocycles. The lowest BCUT2D eigenvalue weighted by Gasteiger charge is -2.10. The van der Waals surface area contributed by atoms with Gasteiger partial charge >= 0.3 is 0 Å². The van der Waals surface area contributed by atoms with Crippen LogP contribution < -0.4 is 10.1 Å². The summed E-state index contributed by atoms with van der Waals surface area (Å²) in [5, 5.41) is 20.3. The van der Waals surface area contributed by atoms with Gasteiger partial charge in [-0.3, -0.25) is 20.0 Å². The van der Waals surface area contributed by atoms with Crippen molar-refractivity contribution in [1.82, 2.24) is 15.2 Å². The number of ether oxygens (including phenoxy) is 1. The highest BCUT2D eigenvalue weighted by atomic mass is 32.2. The fourth-order valence-corrected chi connectivity index (χ4v) is 3.19. The number of aromatic amines is 1. The number of hydrogen-bond donors (Lipinski definition) is 2. The Morgan fingerprint density at radius 3 is 2.76 bits per heavy atom. The SMILES string of the molecule is Cc1ccccc1OCc1nc(S[C@H](C)C(=O)Nc2ccccc2[N+](=O)[O-])n[nH]1. The Bertz CT molecular complexity index is 1020. The highest BCUT2D eigenvalue weighted by molar-refractivity contribution is 8.00. The maximum atomic E-state index is 12.4. The number of nitro benzene ring substituents is 1. The van der Waals surface area contributed by atoms with Crippen LogP contribution in [-0.2, 0) is 11.4 Å². The van der Waals surface area contributed by atoms with Crippen molar-refractivity contribution in [2.75, 3.05) is 5.32 Å². The number of thioether (sulfide) groups is 1. The van der Waals surface area contributed by atoms with E-state index >= 15 is 0 Å². The summed E-state index contributed by atoms with van der Waals surface area (Å²) in [4.78, 5) is 27.2. The Morgan fingerprint density at radius 2 is 2.00 bits per heavy atom. The number of amides is 1. The first kappa shape index (κ1) is 20.3. The summed E-state index contributed by atoms with van der Waals surface area (Å²) in [6.45, 7) is 3.85. The first-order valence-corrected chi connectivity index (χ1v) is 9.62. The summed E-state index contributed by atoms with van der Waals surface area (Å²) >= 11 is 1.14. The Morgan fingerprint density at radius 1 is 1.28 bits per heavy atom. The van der Waals surface area contributed by atoms with Gasteiger partial charge in [0.2, 0.25) is 11.1 Å². The standard InChI is InChI=1S/C19H19N5O4S/c1-12-7-3-6-10-16(12)28-11-17-21-19(23-22-17)29-13(2)18(25)20-14-8-4-5-9-15(14)24(26)27/h3-10,13H,11H2,1-2H3,(H,20,25)(H,21,22,23)/t13-/m1/s1. The third-order valence-corrected chi connectivity index (χ3v) is 4.94. The fourth-order valence-electron chi connectivity index (χ4n) is 2.44. The predicted octanol–water partition coefficient (Wildman–Crippen LogP) is 3.72. The maximum absolute atomic E-state index is 12.4. The van der Waals surface area contributed by atoms with Gasteiger partial charge in [-0.15, -0.1) is 5.10 Å². The molecule has 9 nitrogen and oxygen atoms in total. The molecule has 29 heavy (non-hydrogen) atoms. The van der Waals surface area contributed by atoms with Crippen molar-refractivity contribution >= 4 is 29.0 Å². The topological polar surface area (TPSA) is 123 Å². The molecular formula is C19H19N5O4S. The largest absolute Gasteiger partial charge is 0.485 e. The monoisotopic (exact) mass is 413 g/mol. The molecule has 0 spiro atoms. The van der Waals surface area contributed by atoms with Crippen LogP contribution in [0.5, 0.6) is 5.75 Å². The van der Waals surface area contributed by atoms with Crippen LogP contribution in [0.1, 0.15) is 18.3 Å². The molecule has 10 heteroatoms. The lowest BCUT2D eigenvalue weighted by Crippen LogP contribution is -2.23. The Hall–Kier alpha value is -3.40. The molecule has 3 rings (SSSR count). The molecule has 0 fully saturated rings. The summed E-state index contributed by atoms with van der Waals surface area (Å²) in [7, 11) is 0. The van der Waals surface area contributed by atoms with E-state index in [9.17, 15) is 14.9 Å². The summed E-state index contributed by atoms with van der Waals surface area (Å²) in [5.41, 5.74) is 1.01. The molecular weight excluding hydrogens is 394 g/mol. The Balaban J connectivity index is 1.57. The first-order valence-electron chi connectivity index (χ1n) is 8.74. The third-order valence-electron chi connectivity index (χ3n) is 3.98. The number of anilines is 1. The number of nitro groups is 1. The van der Waals surface area contributed by atoms with Crippen molar-refractivity contribution in [3.63, 3.8) is 0 Å². The molecule has 0 saturated carbocycles. The summed E-state index contributed by atoms with van der Waals surface area (Å²) < 4.78 is 5.72. The van der Waals surface area contributed by atoms with Crippen molar-refractivity contribution in [3.05, 3.63) is 70.0 Å². The van der Waals surface area contributed by atoms with Gasteiger partial charge in [0, 0.05) is 6.07 Å². The number of hydrogen-bond acceptors (Lipinski definition) is 7. The van der Waals surface area contributed by atoms with Gasteiger partial charge in [0.05, 0.1) is 10.2 Å². The number of benzene rings is 2. The zero-order chi connectivity index (χ0) is 20.8. The predicted molar refractivity (Wildman–Crippen MR) is 109 cm³/mol. The molecule has 1 aromatic heterocycles. The van der Waals surface area contributed by atoms with Crippen LogP contribution in [0.2, 0.25) is 0 Å². The lowest BCUT2D eigenvalue weighted by molar-refractivity contribution is -0.383. The van der Waals surface area contributed by atoms with E-state index in [1.165, 1.54) is 12.1 Å². The zero-order valence-corrected chi connectivity index (χ0v) is 16.6. The van der Waals surface area contributed by atoms with Crippen LogP contribution in [0.25, 0.3) is 0 Å². The number of nitrogens with one attached hydrogen (secondary N) is 2. The van der Waals surface area contributed by atoms with E-state index in [2.05, 4.69) is 20.5 Å². The van der Waals surface area contributed by atoms with Crippen molar-refractivity contribution < 1.29 is 14.5 Å². The average Bonchev–Trinajstić information content (AvgIpc) is 3.15. The molecule has 1 amide bonds. The van der Waals surface area contributed by atoms with Crippen molar-refractivity contribution in [1.29, 1.82) is 0 Å². The number of H-pyrrole nitrogens is 1. The highest BCUT2D eigenvalue weighted by Crippen LogP contribution is 2.26. The second-order valence-electron chi connectivity index (χ2n) is 6.14. The first-order chi connectivity index (χ1) is 13.9. The highest BCUT2D eigenvalue weighted by Gasteiger charge is 2.21. The number of aromatic nitrogens is 3. The van der Waals surface area contributed by atoms with Gasteiger partial charge in [-0.05, 0) is 31.5 Å². The van der Waals surface area contributed by atoms with Crippen LogP contribution in [0, 0.1) is 17.0 Å². The third kappa shape index (κ3) is 5.32. The second-order valence-corrected chi connectivity index (χ2v) is 7.45. The lowest BCUT2D eigenvalue weighted by atomic mass is 10.2. The summed E-state index contributed by atoms with van der Waals surface area (Å²) in [5.74, 6) is 0.907. The molecule has 0 bridgehead atoms. The minimum Gasteiger partial charge on any atom is -0.485 e. The number of para-hydroxylation sites is 3. The number of nitrogens with zero attached hydrogens (tertiary/aromatic N) is 3. The molecule has 150 valence electrons. The van der Waals surface area contributed by atoms with Gasteiger partial charge in [0.15, 0.2) is 5.82 Å². The van der Waals surface area contributed by atoms with Gasteiger partial charge in [-0.2, -0.15) is 0 Å². The molecule has 2 N–H and O–H groups in total. The van der Waals surface area contributed by atoms with E-state index < -0.39 is 10.2 Å². The molecule has 2 aromatic carbocycles. The Labute approximate surface area is 171 Å². The summed E-state index contributed by atoms with van der Waals surface area (Å²) in [6, 6.07) is 13.6. The van der Waals surface area contributed by atoms with Crippen LogP contribution in [-0.4, -0.2) is 31.3 Å². The molecule has 0 unspecified atom stereocenters. The molecule has 0 radical (unpaired) electrons.